The van der Waals surface area contributed by atoms with Gasteiger partial charge in [0.1, 0.15) is 5.76 Å². The van der Waals surface area contributed by atoms with E-state index in [1.165, 1.54) is 0 Å². The first-order valence-corrected chi connectivity index (χ1v) is 11.0. The lowest BCUT2D eigenvalue weighted by Crippen LogP contribution is -2.44. The Morgan fingerprint density at radius 3 is 2.78 bits per heavy atom. The lowest BCUT2D eigenvalue weighted by molar-refractivity contribution is 0.311. The van der Waals surface area contributed by atoms with Gasteiger partial charge in [0.25, 0.3) is 0 Å². The molecule has 3 N–H and O–H groups in total. The van der Waals surface area contributed by atoms with Gasteiger partial charge in [0, 0.05) is 60.5 Å². The Hall–Kier alpha value is -3.19. The van der Waals surface area contributed by atoms with Crippen LogP contribution in [0.25, 0.3) is 16.6 Å². The number of hydrogen-bond acceptors (Lipinski definition) is 7. The fourth-order valence-corrected chi connectivity index (χ4v) is 4.29. The average molecular weight is 433 g/mol. The summed E-state index contributed by atoms with van der Waals surface area (Å²) in [5.74, 6) is 0.626. The summed E-state index contributed by atoms with van der Waals surface area (Å²) in [6.07, 6.45) is 8.49. The summed E-state index contributed by atoms with van der Waals surface area (Å²) >= 11 is 0. The van der Waals surface area contributed by atoms with Crippen molar-refractivity contribution in [1.29, 1.82) is 5.41 Å². The second-order valence-corrected chi connectivity index (χ2v) is 9.34. The smallest absolute Gasteiger partial charge is 0.159 e. The Morgan fingerprint density at radius 1 is 1.25 bits per heavy atom. The molecule has 1 aliphatic carbocycles. The number of rotatable bonds is 5. The van der Waals surface area contributed by atoms with Crippen molar-refractivity contribution in [3.8, 4) is 0 Å². The molecular formula is C25H32N6O. The minimum atomic E-state index is 0.118. The number of pyridine rings is 2. The van der Waals surface area contributed by atoms with E-state index in [1.807, 2.05) is 25.4 Å². The van der Waals surface area contributed by atoms with Gasteiger partial charge in [-0.3, -0.25) is 0 Å². The molecule has 7 nitrogen and oxygen atoms in total. The second-order valence-electron chi connectivity index (χ2n) is 9.34. The Labute approximate surface area is 189 Å². The number of hydrogen-bond donors (Lipinski definition) is 3. The largest absolute Gasteiger partial charge is 0.496 e. The third-order valence-corrected chi connectivity index (χ3v) is 5.67. The highest BCUT2D eigenvalue weighted by Crippen LogP contribution is 2.30. The monoisotopic (exact) mass is 432 g/mol. The van der Waals surface area contributed by atoms with Gasteiger partial charge >= 0.3 is 0 Å². The molecule has 2 aromatic heterocycles. The molecule has 2 aromatic rings. The highest BCUT2D eigenvalue weighted by molar-refractivity contribution is 6.13. The van der Waals surface area contributed by atoms with Crippen LogP contribution >= 0.6 is 0 Å². The fraction of sp³-hybridized carbons (Fsp3) is 0.400. The van der Waals surface area contributed by atoms with Crippen molar-refractivity contribution in [2.45, 2.75) is 38.8 Å². The first-order valence-electron chi connectivity index (χ1n) is 11.0. The third-order valence-electron chi connectivity index (χ3n) is 5.67. The van der Waals surface area contributed by atoms with Crippen molar-refractivity contribution in [1.82, 2.24) is 20.6 Å². The van der Waals surface area contributed by atoms with Gasteiger partial charge in [-0.25, -0.2) is 9.97 Å². The van der Waals surface area contributed by atoms with E-state index < -0.39 is 0 Å². The van der Waals surface area contributed by atoms with Crippen LogP contribution in [-0.2, 0) is 4.74 Å². The number of fused-ring (bicyclic) bond motifs is 1. The Bertz CT molecular complexity index is 1120. The van der Waals surface area contributed by atoms with Crippen LogP contribution in [0.2, 0.25) is 0 Å². The van der Waals surface area contributed by atoms with E-state index in [1.54, 1.807) is 19.4 Å². The lowest BCUT2D eigenvalue weighted by atomic mass is 9.96. The van der Waals surface area contributed by atoms with Crippen LogP contribution in [0.15, 0.2) is 54.1 Å². The summed E-state index contributed by atoms with van der Waals surface area (Å²) in [5, 5.41) is 15.9. The molecule has 0 aromatic carbocycles. The van der Waals surface area contributed by atoms with Crippen LogP contribution < -0.4 is 15.5 Å². The van der Waals surface area contributed by atoms with Gasteiger partial charge in [0.2, 0.25) is 0 Å². The molecule has 1 aliphatic heterocycles. The van der Waals surface area contributed by atoms with E-state index >= 15 is 0 Å². The minimum Gasteiger partial charge on any atom is -0.496 e. The maximum absolute atomic E-state index is 8.18. The summed E-state index contributed by atoms with van der Waals surface area (Å²) in [6, 6.07) is 6.71. The molecule has 0 amide bonds. The molecule has 0 bridgehead atoms. The van der Waals surface area contributed by atoms with Crippen molar-refractivity contribution < 1.29 is 4.74 Å². The maximum Gasteiger partial charge on any atom is 0.159 e. The van der Waals surface area contributed by atoms with E-state index in [9.17, 15) is 0 Å². The van der Waals surface area contributed by atoms with Crippen LogP contribution in [0.1, 0.15) is 32.9 Å². The molecule has 1 unspecified atom stereocenters. The van der Waals surface area contributed by atoms with Crippen LogP contribution in [0.4, 0.5) is 5.69 Å². The van der Waals surface area contributed by atoms with E-state index in [-0.39, 0.29) is 5.54 Å². The zero-order chi connectivity index (χ0) is 22.9. The van der Waals surface area contributed by atoms with Gasteiger partial charge in [-0.2, -0.15) is 0 Å². The Morgan fingerprint density at radius 2 is 2.06 bits per heavy atom. The molecule has 7 heteroatoms. The standard InChI is InChI=1S/C25H32N6O/c1-25(2,3)30-18-8-9-31(15-18)19-10-16-6-7-22(29-24(16)28-14-19)20-11-17(13-27-4)21(26)12-23(20)32-5/h6-7,10-14,18,26-27,30H,8-9,15H2,1-5H3/b17-13-,26-21?. The molecule has 0 radical (unpaired) electrons. The normalized spacial score (nSPS) is 20.5. The number of ether oxygens (including phenoxy) is 1. The highest BCUT2D eigenvalue weighted by Gasteiger charge is 2.26. The van der Waals surface area contributed by atoms with Crippen LogP contribution in [-0.4, -0.2) is 54.5 Å². The van der Waals surface area contributed by atoms with Crippen molar-refractivity contribution in [3.05, 3.63) is 59.8 Å². The number of anilines is 1. The topological polar surface area (TPSA) is 86.2 Å². The van der Waals surface area contributed by atoms with Crippen LogP contribution in [0, 0.1) is 5.41 Å². The average Bonchev–Trinajstić information content (AvgIpc) is 3.21. The summed E-state index contributed by atoms with van der Waals surface area (Å²) < 4.78 is 5.53. The number of nitrogens with one attached hydrogen (secondary N) is 3. The minimum absolute atomic E-state index is 0.118. The number of allylic oxidation sites excluding steroid dienone is 4. The van der Waals surface area contributed by atoms with Crippen molar-refractivity contribution in [2.75, 3.05) is 32.1 Å². The van der Waals surface area contributed by atoms with Gasteiger partial charge in [-0.05, 0) is 51.5 Å². The van der Waals surface area contributed by atoms with Crippen molar-refractivity contribution >= 4 is 28.0 Å². The van der Waals surface area contributed by atoms with Gasteiger partial charge in [-0.15, -0.1) is 0 Å². The Balaban J connectivity index is 1.60. The second kappa shape index (κ2) is 8.74. The summed E-state index contributed by atoms with van der Waals surface area (Å²) in [6.45, 7) is 8.64. The zero-order valence-electron chi connectivity index (χ0n) is 19.5. The molecule has 32 heavy (non-hydrogen) atoms. The van der Waals surface area contributed by atoms with Gasteiger partial charge in [0.15, 0.2) is 5.65 Å². The maximum atomic E-state index is 8.18. The van der Waals surface area contributed by atoms with E-state index in [0.717, 1.165) is 47.4 Å². The predicted octanol–water partition coefficient (Wildman–Crippen LogP) is 3.65. The van der Waals surface area contributed by atoms with Gasteiger partial charge in [-0.1, -0.05) is 0 Å². The van der Waals surface area contributed by atoms with E-state index in [4.69, 9.17) is 15.1 Å². The van der Waals surface area contributed by atoms with Crippen LogP contribution in [0.3, 0.4) is 0 Å². The highest BCUT2D eigenvalue weighted by atomic mass is 16.5. The summed E-state index contributed by atoms with van der Waals surface area (Å²) in [4.78, 5) is 11.9. The number of aromatic nitrogens is 2. The molecule has 3 heterocycles. The van der Waals surface area contributed by atoms with E-state index in [0.29, 0.717) is 23.2 Å². The zero-order valence-corrected chi connectivity index (χ0v) is 19.5. The number of nitrogens with zero attached hydrogens (tertiary/aromatic N) is 3. The van der Waals surface area contributed by atoms with Crippen molar-refractivity contribution in [2.24, 2.45) is 0 Å². The quantitative estimate of drug-likeness (QED) is 0.669. The van der Waals surface area contributed by atoms with Gasteiger partial charge in [0.05, 0.1) is 30.4 Å². The molecule has 168 valence electrons. The molecule has 0 spiro atoms. The molecule has 1 fully saturated rings. The molecule has 2 aliphatic rings. The number of methoxy groups -OCH3 is 1. The van der Waals surface area contributed by atoms with Crippen molar-refractivity contribution in [3.63, 3.8) is 0 Å². The molecule has 1 saturated heterocycles. The first kappa shape index (κ1) is 22.0. The van der Waals surface area contributed by atoms with Gasteiger partial charge < -0.3 is 25.7 Å². The fourth-order valence-electron chi connectivity index (χ4n) is 4.29. The van der Waals surface area contributed by atoms with E-state index in [2.05, 4.69) is 53.4 Å². The Kier molecular flexibility index (Phi) is 6.02. The lowest BCUT2D eigenvalue weighted by Gasteiger charge is -2.26. The summed E-state index contributed by atoms with van der Waals surface area (Å²) in [5.41, 5.74) is 4.74. The summed E-state index contributed by atoms with van der Waals surface area (Å²) in [7, 11) is 3.43. The molecule has 1 atom stereocenters. The SMILES string of the molecule is CN/C=C1/C=C(c2ccc3cc(N4CCC(NC(C)(C)C)C4)cnc3n2)C(OC)=CC1=N. The first-order chi connectivity index (χ1) is 15.3. The molecule has 4 rings (SSSR count). The third kappa shape index (κ3) is 4.67. The predicted molar refractivity (Wildman–Crippen MR) is 131 cm³/mol. The van der Waals surface area contributed by atoms with Crippen LogP contribution in [0.5, 0.6) is 0 Å². The molecule has 0 saturated carbocycles. The molecular weight excluding hydrogens is 400 g/mol.